The molecular weight excluding hydrogens is 484 g/mol. The largest absolute Gasteiger partial charge is 0.381 e. The Morgan fingerprint density at radius 3 is 2.44 bits per heavy atom. The van der Waals surface area contributed by atoms with Crippen molar-refractivity contribution >= 4 is 27.5 Å². The molecule has 1 aliphatic carbocycles. The Labute approximate surface area is 210 Å². The van der Waals surface area contributed by atoms with Crippen molar-refractivity contribution in [3.8, 4) is 0 Å². The summed E-state index contributed by atoms with van der Waals surface area (Å²) in [6, 6.07) is 4.69. The first-order chi connectivity index (χ1) is 17.2. The molecule has 3 N–H and O–H groups in total. The number of hydrogen-bond donors (Lipinski definition) is 2. The second-order valence-electron chi connectivity index (χ2n) is 9.59. The first-order valence-corrected chi connectivity index (χ1v) is 13.8. The third-order valence-corrected chi connectivity index (χ3v) is 9.36. The van der Waals surface area contributed by atoms with E-state index in [0.29, 0.717) is 38.2 Å². The lowest BCUT2D eigenvalue weighted by Crippen LogP contribution is -2.37. The lowest BCUT2D eigenvalue weighted by Gasteiger charge is -2.28. The van der Waals surface area contributed by atoms with Crippen molar-refractivity contribution < 1.29 is 22.7 Å². The molecule has 194 valence electrons. The minimum absolute atomic E-state index is 0.0158. The molecule has 2 amide bonds. The molecule has 1 saturated heterocycles. The summed E-state index contributed by atoms with van der Waals surface area (Å²) in [7, 11) is -3.61. The molecule has 1 aliphatic heterocycles. The highest BCUT2D eigenvalue weighted by atomic mass is 32.2. The molecule has 10 nitrogen and oxygen atoms in total. The van der Waals surface area contributed by atoms with Crippen molar-refractivity contribution in [3.63, 3.8) is 0 Å². The van der Waals surface area contributed by atoms with Crippen LogP contribution >= 0.6 is 0 Å². The first-order valence-electron chi connectivity index (χ1n) is 12.3. The van der Waals surface area contributed by atoms with Crippen molar-refractivity contribution in [1.82, 2.24) is 9.55 Å². The smallest absolute Gasteiger partial charge is 0.252 e. The van der Waals surface area contributed by atoms with Gasteiger partial charge in [-0.05, 0) is 63.1 Å². The minimum atomic E-state index is -3.61. The average Bonchev–Trinajstić information content (AvgIpc) is 3.40. The Bertz CT molecular complexity index is 1280. The van der Waals surface area contributed by atoms with E-state index in [0.717, 1.165) is 31.7 Å². The van der Waals surface area contributed by atoms with Gasteiger partial charge in [0.05, 0.1) is 15.7 Å². The molecule has 11 heteroatoms. The molecular formula is C25H32N4O6S. The molecule has 2 aromatic rings. The summed E-state index contributed by atoms with van der Waals surface area (Å²) in [6.07, 6.45) is 6.11. The number of rotatable bonds is 8. The van der Waals surface area contributed by atoms with Crippen LogP contribution in [0.25, 0.3) is 0 Å². The highest BCUT2D eigenvalue weighted by Gasteiger charge is 2.33. The second-order valence-corrected chi connectivity index (χ2v) is 11.8. The number of hydrogen-bond acceptors (Lipinski definition) is 7. The summed E-state index contributed by atoms with van der Waals surface area (Å²) in [4.78, 5) is 42.2. The number of sulfone groups is 1. The predicted octanol–water partition coefficient (Wildman–Crippen LogP) is 2.36. The summed E-state index contributed by atoms with van der Waals surface area (Å²) in [5, 5.41) is 2.26. The monoisotopic (exact) mass is 516 g/mol. The number of nitrogens with two attached hydrogens (primary N) is 1. The fraction of sp³-hybridized carbons (Fsp3) is 0.520. The highest BCUT2D eigenvalue weighted by Crippen LogP contribution is 2.31. The number of carbonyl (C=O) groups is 2. The van der Waals surface area contributed by atoms with Gasteiger partial charge in [-0.15, -0.1) is 0 Å². The first kappa shape index (κ1) is 26.0. The second kappa shape index (κ2) is 10.9. The Kier molecular flexibility index (Phi) is 7.89. The Balaban J connectivity index is 1.66. The molecule has 0 spiro atoms. The number of pyridine rings is 2. The van der Waals surface area contributed by atoms with Gasteiger partial charge in [-0.25, -0.2) is 13.4 Å². The summed E-state index contributed by atoms with van der Waals surface area (Å²) in [5.41, 5.74) is 5.33. The van der Waals surface area contributed by atoms with E-state index in [1.54, 1.807) is 6.92 Å². The van der Waals surface area contributed by atoms with Crippen LogP contribution in [-0.2, 0) is 19.4 Å². The number of aromatic nitrogens is 2. The van der Waals surface area contributed by atoms with Gasteiger partial charge in [0.25, 0.3) is 5.56 Å². The fourth-order valence-electron chi connectivity index (χ4n) is 5.09. The molecule has 0 unspecified atom stereocenters. The van der Waals surface area contributed by atoms with Gasteiger partial charge in [-0.1, -0.05) is 12.8 Å². The summed E-state index contributed by atoms with van der Waals surface area (Å²) < 4.78 is 33.0. The predicted molar refractivity (Wildman–Crippen MR) is 133 cm³/mol. The number of anilines is 1. The fourth-order valence-corrected chi connectivity index (χ4v) is 7.03. The van der Waals surface area contributed by atoms with Crippen LogP contribution in [0.2, 0.25) is 0 Å². The molecule has 2 fully saturated rings. The molecule has 0 bridgehead atoms. The number of primary amides is 1. The highest BCUT2D eigenvalue weighted by molar-refractivity contribution is 7.92. The van der Waals surface area contributed by atoms with Gasteiger partial charge in [0.1, 0.15) is 11.9 Å². The van der Waals surface area contributed by atoms with E-state index in [4.69, 9.17) is 10.5 Å². The average molecular weight is 517 g/mol. The van der Waals surface area contributed by atoms with Gasteiger partial charge in [-0.3, -0.25) is 14.4 Å². The van der Waals surface area contributed by atoms with Crippen molar-refractivity contribution in [2.24, 2.45) is 11.7 Å². The van der Waals surface area contributed by atoms with E-state index in [1.165, 1.54) is 29.0 Å². The van der Waals surface area contributed by atoms with Crippen LogP contribution in [0.1, 0.15) is 67.0 Å². The molecule has 1 saturated carbocycles. The summed E-state index contributed by atoms with van der Waals surface area (Å²) in [5.74, 6) is -0.703. The number of aryl methyl sites for hydroxylation is 1. The Morgan fingerprint density at radius 2 is 1.86 bits per heavy atom. The van der Waals surface area contributed by atoms with Crippen LogP contribution in [0.3, 0.4) is 0 Å². The van der Waals surface area contributed by atoms with E-state index in [-0.39, 0.29) is 22.2 Å². The molecule has 3 heterocycles. The third kappa shape index (κ3) is 5.67. The zero-order chi connectivity index (χ0) is 25.9. The van der Waals surface area contributed by atoms with Crippen molar-refractivity contribution in [2.75, 3.05) is 18.5 Å². The molecule has 2 aromatic heterocycles. The maximum Gasteiger partial charge on any atom is 0.252 e. The van der Waals surface area contributed by atoms with E-state index < -0.39 is 38.5 Å². The number of nitrogens with one attached hydrogen (secondary N) is 1. The van der Waals surface area contributed by atoms with Gasteiger partial charge in [0.2, 0.25) is 11.8 Å². The minimum Gasteiger partial charge on any atom is -0.381 e. The maximum atomic E-state index is 13.4. The standard InChI is InChI=1S/C25H32N4O6S/c1-16-12-20(36(33,34)19-4-2-3-5-19)14-23(30)29(16)21(13-17-8-10-35-11-9-17)25(32)28-22-7-6-18(15-27-22)24(26)31/h6-7,12,14-15,17,19,21H,2-5,8-11,13H2,1H3,(H2,26,31)(H,27,28,32)/t21-/m0/s1. The topological polar surface area (TPSA) is 150 Å². The van der Waals surface area contributed by atoms with Crippen LogP contribution in [0.4, 0.5) is 5.82 Å². The van der Waals surface area contributed by atoms with Crippen molar-refractivity contribution in [3.05, 3.63) is 52.1 Å². The van der Waals surface area contributed by atoms with E-state index in [1.807, 2.05) is 0 Å². The lowest BCUT2D eigenvalue weighted by atomic mass is 9.91. The Hall–Kier alpha value is -3.05. The SMILES string of the molecule is Cc1cc(S(=O)(=O)C2CCCC2)cc(=O)n1[C@@H](CC1CCOCC1)C(=O)Nc1ccc(C(N)=O)cn1. The molecule has 2 aliphatic rings. The Morgan fingerprint density at radius 1 is 1.17 bits per heavy atom. The van der Waals surface area contributed by atoms with Gasteiger partial charge in [0, 0.05) is 31.2 Å². The normalized spacial score (nSPS) is 18.1. The molecule has 36 heavy (non-hydrogen) atoms. The van der Waals surface area contributed by atoms with Crippen LogP contribution in [0, 0.1) is 12.8 Å². The van der Waals surface area contributed by atoms with Crippen LogP contribution in [-0.4, -0.2) is 48.2 Å². The maximum absolute atomic E-state index is 13.4. The zero-order valence-electron chi connectivity index (χ0n) is 20.3. The van der Waals surface area contributed by atoms with Crippen LogP contribution in [0.15, 0.2) is 40.2 Å². The number of ether oxygens (including phenoxy) is 1. The van der Waals surface area contributed by atoms with Gasteiger partial charge < -0.3 is 20.4 Å². The molecule has 1 atom stereocenters. The number of amides is 2. The van der Waals surface area contributed by atoms with Crippen LogP contribution in [0.5, 0.6) is 0 Å². The van der Waals surface area contributed by atoms with E-state index >= 15 is 0 Å². The van der Waals surface area contributed by atoms with E-state index in [2.05, 4.69) is 10.3 Å². The van der Waals surface area contributed by atoms with Crippen molar-refractivity contribution in [1.29, 1.82) is 0 Å². The quantitative estimate of drug-likeness (QED) is 0.547. The van der Waals surface area contributed by atoms with Crippen molar-refractivity contribution in [2.45, 2.75) is 68.1 Å². The molecule has 0 aromatic carbocycles. The van der Waals surface area contributed by atoms with Gasteiger partial charge >= 0.3 is 0 Å². The van der Waals surface area contributed by atoms with Crippen LogP contribution < -0.4 is 16.6 Å². The molecule has 0 radical (unpaired) electrons. The summed E-state index contributed by atoms with van der Waals surface area (Å²) in [6.45, 7) is 2.82. The van der Waals surface area contributed by atoms with Gasteiger partial charge in [0.15, 0.2) is 9.84 Å². The number of carbonyl (C=O) groups excluding carboxylic acids is 2. The molecule has 4 rings (SSSR count). The number of nitrogens with zero attached hydrogens (tertiary/aromatic N) is 2. The van der Waals surface area contributed by atoms with E-state index in [9.17, 15) is 22.8 Å². The third-order valence-electron chi connectivity index (χ3n) is 7.11. The van der Waals surface area contributed by atoms with Gasteiger partial charge in [-0.2, -0.15) is 0 Å². The zero-order valence-corrected chi connectivity index (χ0v) is 21.1. The lowest BCUT2D eigenvalue weighted by molar-refractivity contribution is -0.120. The summed E-state index contributed by atoms with van der Waals surface area (Å²) >= 11 is 0.